The van der Waals surface area contributed by atoms with E-state index in [0.717, 1.165) is 12.0 Å². The van der Waals surface area contributed by atoms with E-state index in [1.54, 1.807) is 36.4 Å². The Balaban J connectivity index is 2.02. The van der Waals surface area contributed by atoms with Crippen molar-refractivity contribution in [3.8, 4) is 0 Å². The molecule has 2 aromatic rings. The van der Waals surface area contributed by atoms with E-state index in [0.29, 0.717) is 25.3 Å². The molecule has 0 radical (unpaired) electrons. The van der Waals surface area contributed by atoms with Crippen LogP contribution in [0.1, 0.15) is 29.3 Å². The molecule has 0 N–H and O–H groups in total. The molecule has 5 heteroatoms. The van der Waals surface area contributed by atoms with Crippen LogP contribution in [0, 0.1) is 0 Å². The highest BCUT2D eigenvalue weighted by molar-refractivity contribution is 5.94. The maximum absolute atomic E-state index is 12.7. The van der Waals surface area contributed by atoms with Crippen LogP contribution in [0.3, 0.4) is 0 Å². The first-order valence-corrected chi connectivity index (χ1v) is 8.09. The smallest absolute Gasteiger partial charge is 0.307 e. The molecule has 5 nitrogen and oxygen atoms in total. The summed E-state index contributed by atoms with van der Waals surface area (Å²) in [7, 11) is 0. The lowest BCUT2D eigenvalue weighted by Gasteiger charge is -2.22. The molecule has 1 aromatic heterocycles. The van der Waals surface area contributed by atoms with Crippen molar-refractivity contribution >= 4 is 11.9 Å². The Hall–Kier alpha value is -2.69. The zero-order valence-corrected chi connectivity index (χ0v) is 13.9. The standard InChI is InChI=1S/C19H22N2O3/c1-2-24-18(22)11-14-21(13-10-16-7-4-3-5-8-16)19(23)17-9-6-12-20-15-17/h3-9,12,15H,2,10-11,13-14H2,1H3. The molecule has 2 rings (SSSR count). The summed E-state index contributed by atoms with van der Waals surface area (Å²) in [5.41, 5.74) is 1.67. The van der Waals surface area contributed by atoms with E-state index in [4.69, 9.17) is 4.74 Å². The second-order valence-electron chi connectivity index (χ2n) is 5.32. The molecule has 126 valence electrons. The van der Waals surface area contributed by atoms with Crippen LogP contribution >= 0.6 is 0 Å². The van der Waals surface area contributed by atoms with Crippen LogP contribution in [0.15, 0.2) is 54.9 Å². The Morgan fingerprint density at radius 1 is 1.08 bits per heavy atom. The molecular formula is C19H22N2O3. The maximum atomic E-state index is 12.7. The molecule has 0 aliphatic rings. The van der Waals surface area contributed by atoms with Gasteiger partial charge in [0.25, 0.3) is 5.91 Å². The number of rotatable bonds is 8. The van der Waals surface area contributed by atoms with Crippen LogP contribution < -0.4 is 0 Å². The van der Waals surface area contributed by atoms with Crippen molar-refractivity contribution < 1.29 is 14.3 Å². The van der Waals surface area contributed by atoms with Gasteiger partial charge in [-0.3, -0.25) is 14.6 Å². The quantitative estimate of drug-likeness (QED) is 0.700. The molecule has 0 saturated carbocycles. The molecule has 0 atom stereocenters. The van der Waals surface area contributed by atoms with Gasteiger partial charge < -0.3 is 9.64 Å². The summed E-state index contributed by atoms with van der Waals surface area (Å²) in [6.07, 6.45) is 4.09. The Morgan fingerprint density at radius 2 is 1.88 bits per heavy atom. The zero-order chi connectivity index (χ0) is 17.2. The van der Waals surface area contributed by atoms with Crippen molar-refractivity contribution in [2.75, 3.05) is 19.7 Å². The van der Waals surface area contributed by atoms with Crippen LogP contribution in [0.25, 0.3) is 0 Å². The second kappa shape index (κ2) is 9.45. The molecule has 1 amide bonds. The number of hydrogen-bond acceptors (Lipinski definition) is 4. The van der Waals surface area contributed by atoms with E-state index < -0.39 is 0 Å². The zero-order valence-electron chi connectivity index (χ0n) is 13.9. The number of aromatic nitrogens is 1. The Morgan fingerprint density at radius 3 is 2.54 bits per heavy atom. The molecule has 0 saturated heterocycles. The Kier molecular flexibility index (Phi) is 6.95. The van der Waals surface area contributed by atoms with E-state index in [2.05, 4.69) is 4.98 Å². The van der Waals surface area contributed by atoms with Crippen molar-refractivity contribution in [3.05, 3.63) is 66.0 Å². The van der Waals surface area contributed by atoms with Crippen LogP contribution in [-0.4, -0.2) is 41.5 Å². The minimum atomic E-state index is -0.291. The number of amides is 1. The predicted octanol–water partition coefficient (Wildman–Crippen LogP) is 2.72. The van der Waals surface area contributed by atoms with E-state index in [-0.39, 0.29) is 18.3 Å². The molecule has 1 heterocycles. The van der Waals surface area contributed by atoms with Gasteiger partial charge in [-0.25, -0.2) is 0 Å². The van der Waals surface area contributed by atoms with Crippen molar-refractivity contribution in [3.63, 3.8) is 0 Å². The molecular weight excluding hydrogens is 304 g/mol. The van der Waals surface area contributed by atoms with Crippen molar-refractivity contribution in [2.24, 2.45) is 0 Å². The average Bonchev–Trinajstić information content (AvgIpc) is 2.63. The Bertz CT molecular complexity index is 644. The predicted molar refractivity (Wildman–Crippen MR) is 91.5 cm³/mol. The molecule has 1 aromatic carbocycles. The number of pyridine rings is 1. The van der Waals surface area contributed by atoms with Gasteiger partial charge in [0.2, 0.25) is 0 Å². The summed E-state index contributed by atoms with van der Waals surface area (Å²) in [6, 6.07) is 13.4. The van der Waals surface area contributed by atoms with E-state index >= 15 is 0 Å². The molecule has 24 heavy (non-hydrogen) atoms. The van der Waals surface area contributed by atoms with E-state index in [1.807, 2.05) is 30.3 Å². The minimum Gasteiger partial charge on any atom is -0.466 e. The molecule has 0 fully saturated rings. The lowest BCUT2D eigenvalue weighted by atomic mass is 10.1. The summed E-state index contributed by atoms with van der Waals surface area (Å²) in [4.78, 5) is 30.0. The highest BCUT2D eigenvalue weighted by Gasteiger charge is 2.17. The molecule has 0 aliphatic carbocycles. The van der Waals surface area contributed by atoms with Gasteiger partial charge in [0.15, 0.2) is 0 Å². The fraction of sp³-hybridized carbons (Fsp3) is 0.316. The van der Waals surface area contributed by atoms with Gasteiger partial charge in [-0.2, -0.15) is 0 Å². The number of esters is 1. The number of benzene rings is 1. The van der Waals surface area contributed by atoms with Gasteiger partial charge in [0.1, 0.15) is 0 Å². The fourth-order valence-corrected chi connectivity index (χ4v) is 2.35. The number of carbonyl (C=O) groups excluding carboxylic acids is 2. The van der Waals surface area contributed by atoms with Crippen LogP contribution in [0.4, 0.5) is 0 Å². The lowest BCUT2D eigenvalue weighted by molar-refractivity contribution is -0.143. The van der Waals surface area contributed by atoms with Crippen molar-refractivity contribution in [1.29, 1.82) is 0 Å². The van der Waals surface area contributed by atoms with E-state index in [1.165, 1.54) is 0 Å². The first-order chi connectivity index (χ1) is 11.7. The summed E-state index contributed by atoms with van der Waals surface area (Å²) in [5, 5.41) is 0. The van der Waals surface area contributed by atoms with Crippen molar-refractivity contribution in [2.45, 2.75) is 19.8 Å². The molecule has 0 aliphatic heterocycles. The first kappa shape index (κ1) is 17.7. The third kappa shape index (κ3) is 5.50. The van der Waals surface area contributed by atoms with Crippen molar-refractivity contribution in [1.82, 2.24) is 9.88 Å². The van der Waals surface area contributed by atoms with Gasteiger partial charge in [-0.05, 0) is 31.0 Å². The lowest BCUT2D eigenvalue weighted by Crippen LogP contribution is -2.35. The maximum Gasteiger partial charge on any atom is 0.307 e. The number of hydrogen-bond donors (Lipinski definition) is 0. The van der Waals surface area contributed by atoms with Gasteiger partial charge in [-0.1, -0.05) is 30.3 Å². The first-order valence-electron chi connectivity index (χ1n) is 8.09. The molecule has 0 bridgehead atoms. The highest BCUT2D eigenvalue weighted by atomic mass is 16.5. The number of ether oxygens (including phenoxy) is 1. The highest BCUT2D eigenvalue weighted by Crippen LogP contribution is 2.08. The minimum absolute atomic E-state index is 0.122. The van der Waals surface area contributed by atoms with Crippen LogP contribution in [-0.2, 0) is 16.0 Å². The Labute approximate surface area is 142 Å². The summed E-state index contributed by atoms with van der Waals surface area (Å²) >= 11 is 0. The van der Waals surface area contributed by atoms with Crippen LogP contribution in [0.5, 0.6) is 0 Å². The normalized spacial score (nSPS) is 10.2. The summed E-state index contributed by atoms with van der Waals surface area (Å²) < 4.78 is 4.95. The third-order valence-electron chi connectivity index (χ3n) is 3.60. The van der Waals surface area contributed by atoms with Gasteiger partial charge in [-0.15, -0.1) is 0 Å². The topological polar surface area (TPSA) is 59.5 Å². The van der Waals surface area contributed by atoms with Gasteiger partial charge in [0, 0.05) is 25.5 Å². The van der Waals surface area contributed by atoms with Crippen LogP contribution in [0.2, 0.25) is 0 Å². The SMILES string of the molecule is CCOC(=O)CCN(CCc1ccccc1)C(=O)c1cccnc1. The molecule has 0 spiro atoms. The van der Waals surface area contributed by atoms with E-state index in [9.17, 15) is 9.59 Å². The summed E-state index contributed by atoms with van der Waals surface area (Å²) in [6.45, 7) is 2.99. The summed E-state index contributed by atoms with van der Waals surface area (Å²) in [5.74, 6) is -0.412. The fourth-order valence-electron chi connectivity index (χ4n) is 2.35. The van der Waals surface area contributed by atoms with Gasteiger partial charge >= 0.3 is 5.97 Å². The number of nitrogens with zero attached hydrogens (tertiary/aromatic N) is 2. The van der Waals surface area contributed by atoms with Gasteiger partial charge in [0.05, 0.1) is 18.6 Å². The molecule has 0 unspecified atom stereocenters. The largest absolute Gasteiger partial charge is 0.466 e. The third-order valence-corrected chi connectivity index (χ3v) is 3.60. The monoisotopic (exact) mass is 326 g/mol. The second-order valence-corrected chi connectivity index (χ2v) is 5.32. The average molecular weight is 326 g/mol. The number of carbonyl (C=O) groups is 2.